The maximum atomic E-state index is 12.6. The molecule has 0 atom stereocenters. The van der Waals surface area contributed by atoms with Crippen LogP contribution in [0.15, 0.2) is 42.5 Å². The van der Waals surface area contributed by atoms with Crippen LogP contribution in [0.2, 0.25) is 0 Å². The van der Waals surface area contributed by atoms with Gasteiger partial charge in [0.15, 0.2) is 0 Å². The van der Waals surface area contributed by atoms with Gasteiger partial charge in [0.05, 0.1) is 12.2 Å². The van der Waals surface area contributed by atoms with Crippen molar-refractivity contribution in [3.8, 4) is 16.9 Å². The first-order valence-electron chi connectivity index (χ1n) is 8.65. The van der Waals surface area contributed by atoms with Gasteiger partial charge in [-0.3, -0.25) is 0 Å². The van der Waals surface area contributed by atoms with Gasteiger partial charge in [-0.2, -0.15) is 0 Å². The number of hydrogen-bond acceptors (Lipinski definition) is 4. The number of esters is 1. The van der Waals surface area contributed by atoms with Gasteiger partial charge >= 0.3 is 5.97 Å². The van der Waals surface area contributed by atoms with Crippen molar-refractivity contribution in [1.82, 2.24) is 9.47 Å². The van der Waals surface area contributed by atoms with E-state index in [1.54, 1.807) is 13.0 Å². The van der Waals surface area contributed by atoms with Crippen molar-refractivity contribution >= 4 is 16.9 Å². The molecule has 1 heterocycles. The van der Waals surface area contributed by atoms with Gasteiger partial charge in [0.1, 0.15) is 5.75 Å². The standard InChI is InChI=1S/C21H24N2O3/c1-5-26-21(25)20-16-12-19(24)15(14-9-7-6-8-10-14)11-17(16)23(4)18(20)13-22(2)3/h6-12,24H,5,13H2,1-4H3. The molecule has 136 valence electrons. The Kier molecular flexibility index (Phi) is 5.00. The average Bonchev–Trinajstić information content (AvgIpc) is 2.86. The number of aryl methyl sites for hydroxylation is 1. The highest BCUT2D eigenvalue weighted by Crippen LogP contribution is 2.37. The number of benzene rings is 2. The number of hydrogen-bond donors (Lipinski definition) is 1. The van der Waals surface area contributed by atoms with E-state index in [0.29, 0.717) is 24.1 Å². The molecule has 0 saturated carbocycles. The molecule has 0 spiro atoms. The highest BCUT2D eigenvalue weighted by Gasteiger charge is 2.24. The van der Waals surface area contributed by atoms with E-state index >= 15 is 0 Å². The summed E-state index contributed by atoms with van der Waals surface area (Å²) in [6.45, 7) is 2.70. The number of nitrogens with zero attached hydrogens (tertiary/aromatic N) is 2. The van der Waals surface area contributed by atoms with Crippen LogP contribution in [-0.4, -0.2) is 41.2 Å². The molecule has 0 aliphatic carbocycles. The number of ether oxygens (including phenoxy) is 1. The third-order valence-corrected chi connectivity index (χ3v) is 4.47. The van der Waals surface area contributed by atoms with Gasteiger partial charge in [0, 0.05) is 35.8 Å². The number of carbonyl (C=O) groups is 1. The van der Waals surface area contributed by atoms with Crippen LogP contribution in [0.3, 0.4) is 0 Å². The third kappa shape index (κ3) is 3.18. The molecule has 0 aliphatic heterocycles. The van der Waals surface area contributed by atoms with Crippen molar-refractivity contribution in [2.75, 3.05) is 20.7 Å². The average molecular weight is 352 g/mol. The van der Waals surface area contributed by atoms with Crippen molar-refractivity contribution in [3.05, 3.63) is 53.7 Å². The van der Waals surface area contributed by atoms with E-state index in [1.165, 1.54) is 0 Å². The van der Waals surface area contributed by atoms with Gasteiger partial charge in [-0.15, -0.1) is 0 Å². The molecule has 0 bridgehead atoms. The minimum atomic E-state index is -0.359. The van der Waals surface area contributed by atoms with E-state index in [4.69, 9.17) is 4.74 Å². The van der Waals surface area contributed by atoms with E-state index in [1.807, 2.05) is 67.0 Å². The minimum absolute atomic E-state index is 0.149. The second kappa shape index (κ2) is 7.22. The summed E-state index contributed by atoms with van der Waals surface area (Å²) in [4.78, 5) is 14.6. The summed E-state index contributed by atoms with van der Waals surface area (Å²) >= 11 is 0. The fourth-order valence-electron chi connectivity index (χ4n) is 3.29. The molecule has 1 N–H and O–H groups in total. The van der Waals surface area contributed by atoms with Gasteiger partial charge in [-0.05, 0) is 38.7 Å². The summed E-state index contributed by atoms with van der Waals surface area (Å²) in [6, 6.07) is 13.3. The SMILES string of the molecule is CCOC(=O)c1c(CN(C)C)n(C)c2cc(-c3ccccc3)c(O)cc12. The van der Waals surface area contributed by atoms with Gasteiger partial charge in [0.25, 0.3) is 0 Å². The first kappa shape index (κ1) is 18.0. The Morgan fingerprint density at radius 3 is 2.50 bits per heavy atom. The molecule has 0 unspecified atom stereocenters. The van der Waals surface area contributed by atoms with Gasteiger partial charge in [-0.1, -0.05) is 30.3 Å². The Morgan fingerprint density at radius 2 is 1.88 bits per heavy atom. The normalized spacial score (nSPS) is 11.3. The van der Waals surface area contributed by atoms with E-state index in [0.717, 1.165) is 22.3 Å². The number of fused-ring (bicyclic) bond motifs is 1. The molecule has 0 fully saturated rings. The molecule has 0 saturated heterocycles. The van der Waals surface area contributed by atoms with E-state index < -0.39 is 0 Å². The predicted octanol–water partition coefficient (Wildman–Crippen LogP) is 3.79. The summed E-state index contributed by atoms with van der Waals surface area (Å²) in [6.07, 6.45) is 0. The summed E-state index contributed by atoms with van der Waals surface area (Å²) < 4.78 is 7.28. The van der Waals surface area contributed by atoms with Gasteiger partial charge in [-0.25, -0.2) is 4.79 Å². The molecule has 26 heavy (non-hydrogen) atoms. The number of aromatic hydroxyl groups is 1. The molecule has 2 aromatic carbocycles. The second-order valence-corrected chi connectivity index (χ2v) is 6.59. The molecule has 0 amide bonds. The minimum Gasteiger partial charge on any atom is -0.507 e. The first-order chi connectivity index (χ1) is 12.4. The van der Waals surface area contributed by atoms with Crippen LogP contribution in [0.5, 0.6) is 5.75 Å². The van der Waals surface area contributed by atoms with Crippen molar-refractivity contribution in [2.45, 2.75) is 13.5 Å². The summed E-state index contributed by atoms with van der Waals surface area (Å²) in [5.74, 6) is -0.210. The van der Waals surface area contributed by atoms with Crippen molar-refractivity contribution in [1.29, 1.82) is 0 Å². The Morgan fingerprint density at radius 1 is 1.19 bits per heavy atom. The zero-order valence-corrected chi connectivity index (χ0v) is 15.6. The molecule has 1 aromatic heterocycles. The number of rotatable bonds is 5. The molecule has 3 rings (SSSR count). The maximum Gasteiger partial charge on any atom is 0.340 e. The van der Waals surface area contributed by atoms with Gasteiger partial charge in [0.2, 0.25) is 0 Å². The molecule has 0 radical (unpaired) electrons. The summed E-state index contributed by atoms with van der Waals surface area (Å²) in [7, 11) is 5.86. The molecular weight excluding hydrogens is 328 g/mol. The van der Waals surface area contributed by atoms with Crippen LogP contribution < -0.4 is 0 Å². The lowest BCUT2D eigenvalue weighted by atomic mass is 10.0. The lowest BCUT2D eigenvalue weighted by molar-refractivity contribution is 0.0526. The lowest BCUT2D eigenvalue weighted by Gasteiger charge is -2.13. The van der Waals surface area contributed by atoms with Crippen LogP contribution in [0.25, 0.3) is 22.0 Å². The first-order valence-corrected chi connectivity index (χ1v) is 8.65. The van der Waals surface area contributed by atoms with Crippen LogP contribution >= 0.6 is 0 Å². The largest absolute Gasteiger partial charge is 0.507 e. The Balaban J connectivity index is 2.28. The monoisotopic (exact) mass is 352 g/mol. The van der Waals surface area contributed by atoms with Crippen LogP contribution in [0.4, 0.5) is 0 Å². The second-order valence-electron chi connectivity index (χ2n) is 6.59. The van der Waals surface area contributed by atoms with E-state index in [-0.39, 0.29) is 11.7 Å². The fraction of sp³-hybridized carbons (Fsp3) is 0.286. The summed E-state index contributed by atoms with van der Waals surface area (Å²) in [5, 5.41) is 11.3. The summed E-state index contributed by atoms with van der Waals surface area (Å²) in [5.41, 5.74) is 3.95. The predicted molar refractivity (Wildman–Crippen MR) is 103 cm³/mol. The number of carbonyl (C=O) groups excluding carboxylic acids is 1. The van der Waals surface area contributed by atoms with E-state index in [9.17, 15) is 9.90 Å². The lowest BCUT2D eigenvalue weighted by Crippen LogP contribution is -2.17. The fourth-order valence-corrected chi connectivity index (χ4v) is 3.29. The zero-order valence-electron chi connectivity index (χ0n) is 15.6. The van der Waals surface area contributed by atoms with Crippen LogP contribution in [0.1, 0.15) is 23.0 Å². The smallest absolute Gasteiger partial charge is 0.340 e. The number of phenolic OH excluding ortho intramolecular Hbond substituents is 1. The molecule has 3 aromatic rings. The molecule has 5 nitrogen and oxygen atoms in total. The van der Waals surface area contributed by atoms with Crippen LogP contribution in [-0.2, 0) is 18.3 Å². The Hall–Kier alpha value is -2.79. The van der Waals surface area contributed by atoms with Crippen molar-refractivity contribution < 1.29 is 14.6 Å². The number of aromatic nitrogens is 1. The molecule has 0 aliphatic rings. The highest BCUT2D eigenvalue weighted by atomic mass is 16.5. The maximum absolute atomic E-state index is 12.6. The molecular formula is C21H24N2O3. The van der Waals surface area contributed by atoms with Crippen LogP contribution in [0, 0.1) is 0 Å². The molecule has 5 heteroatoms. The zero-order chi connectivity index (χ0) is 18.8. The topological polar surface area (TPSA) is 54.7 Å². The van der Waals surface area contributed by atoms with Crippen molar-refractivity contribution in [2.24, 2.45) is 7.05 Å². The highest BCUT2D eigenvalue weighted by molar-refractivity contribution is 6.07. The van der Waals surface area contributed by atoms with Crippen molar-refractivity contribution in [3.63, 3.8) is 0 Å². The Labute approximate surface area is 153 Å². The van der Waals surface area contributed by atoms with Gasteiger partial charge < -0.3 is 19.3 Å². The van der Waals surface area contributed by atoms with E-state index in [2.05, 4.69) is 0 Å². The third-order valence-electron chi connectivity index (χ3n) is 4.47. The quantitative estimate of drug-likeness (QED) is 0.710. The number of phenols is 1. The Bertz CT molecular complexity index is 943.